The first-order chi connectivity index (χ1) is 15.4. The molecule has 164 valence electrons. The molecule has 5 heteroatoms. The van der Waals surface area contributed by atoms with E-state index in [0.29, 0.717) is 5.69 Å². The molecule has 2 heterocycles. The SMILES string of the molecule is Cc1ccc(-n2nc(-c3cccn3C)cc2C(=O)N[C@H](C)CCc2ccccc2)c(C)c1. The molecule has 4 rings (SSSR count). The van der Waals surface area contributed by atoms with Crippen molar-refractivity contribution in [1.29, 1.82) is 0 Å². The van der Waals surface area contributed by atoms with E-state index >= 15 is 0 Å². The second-order valence-corrected chi connectivity index (χ2v) is 8.52. The molecule has 0 radical (unpaired) electrons. The third kappa shape index (κ3) is 4.67. The highest BCUT2D eigenvalue weighted by atomic mass is 16.2. The fourth-order valence-electron chi connectivity index (χ4n) is 4.02. The lowest BCUT2D eigenvalue weighted by Gasteiger charge is -2.15. The van der Waals surface area contributed by atoms with Crippen molar-refractivity contribution in [2.45, 2.75) is 39.7 Å². The van der Waals surface area contributed by atoms with Gasteiger partial charge in [0.1, 0.15) is 11.4 Å². The van der Waals surface area contributed by atoms with Gasteiger partial charge in [-0.3, -0.25) is 4.79 Å². The van der Waals surface area contributed by atoms with Gasteiger partial charge in [-0.1, -0.05) is 48.0 Å². The Hall–Kier alpha value is -3.60. The molecule has 2 aromatic heterocycles. The van der Waals surface area contributed by atoms with Crippen molar-refractivity contribution < 1.29 is 4.79 Å². The average molecular weight is 427 g/mol. The van der Waals surface area contributed by atoms with Crippen LogP contribution in [0.4, 0.5) is 0 Å². The number of carbonyl (C=O) groups is 1. The van der Waals surface area contributed by atoms with E-state index in [9.17, 15) is 4.79 Å². The highest BCUT2D eigenvalue weighted by Crippen LogP contribution is 2.24. The Morgan fingerprint density at radius 2 is 1.81 bits per heavy atom. The second-order valence-electron chi connectivity index (χ2n) is 8.52. The summed E-state index contributed by atoms with van der Waals surface area (Å²) in [6, 6.07) is 22.5. The van der Waals surface area contributed by atoms with Crippen LogP contribution in [0.2, 0.25) is 0 Å². The van der Waals surface area contributed by atoms with Crippen LogP contribution in [0.25, 0.3) is 17.1 Å². The summed E-state index contributed by atoms with van der Waals surface area (Å²) in [5, 5.41) is 8.01. The maximum atomic E-state index is 13.3. The average Bonchev–Trinajstić information content (AvgIpc) is 3.39. The molecule has 5 nitrogen and oxygen atoms in total. The van der Waals surface area contributed by atoms with E-state index in [1.807, 2.05) is 60.3 Å². The predicted molar refractivity (Wildman–Crippen MR) is 129 cm³/mol. The van der Waals surface area contributed by atoms with Gasteiger partial charge in [-0.25, -0.2) is 4.68 Å². The van der Waals surface area contributed by atoms with Crippen LogP contribution in [0.3, 0.4) is 0 Å². The van der Waals surface area contributed by atoms with E-state index in [4.69, 9.17) is 5.10 Å². The summed E-state index contributed by atoms with van der Waals surface area (Å²) in [6.45, 7) is 6.17. The molecular formula is C27H30N4O. The number of nitrogens with zero attached hydrogens (tertiary/aromatic N) is 3. The fraction of sp³-hybridized carbons (Fsp3) is 0.259. The largest absolute Gasteiger partial charge is 0.349 e. The first kappa shape index (κ1) is 21.6. The Bertz CT molecular complexity index is 1220. The summed E-state index contributed by atoms with van der Waals surface area (Å²) in [5.74, 6) is -0.113. The highest BCUT2D eigenvalue weighted by molar-refractivity contribution is 5.94. The number of aryl methyl sites for hydroxylation is 4. The van der Waals surface area contributed by atoms with E-state index < -0.39 is 0 Å². The van der Waals surface area contributed by atoms with Crippen molar-refractivity contribution in [2.75, 3.05) is 0 Å². The Morgan fingerprint density at radius 3 is 2.50 bits per heavy atom. The molecule has 4 aromatic rings. The maximum Gasteiger partial charge on any atom is 0.270 e. The van der Waals surface area contributed by atoms with Gasteiger partial charge in [0.05, 0.1) is 11.4 Å². The van der Waals surface area contributed by atoms with E-state index in [1.54, 1.807) is 4.68 Å². The molecular weight excluding hydrogens is 396 g/mol. The number of carbonyl (C=O) groups excluding carboxylic acids is 1. The van der Waals surface area contributed by atoms with Gasteiger partial charge < -0.3 is 9.88 Å². The maximum absolute atomic E-state index is 13.3. The van der Waals surface area contributed by atoms with Crippen molar-refractivity contribution in [3.05, 3.63) is 95.3 Å². The van der Waals surface area contributed by atoms with Gasteiger partial charge in [0.15, 0.2) is 0 Å². The number of benzene rings is 2. The lowest BCUT2D eigenvalue weighted by molar-refractivity contribution is 0.0930. The third-order valence-electron chi connectivity index (χ3n) is 5.82. The molecule has 32 heavy (non-hydrogen) atoms. The molecule has 0 saturated carbocycles. The summed E-state index contributed by atoms with van der Waals surface area (Å²) in [6.07, 6.45) is 3.78. The normalized spacial score (nSPS) is 12.0. The predicted octanol–water partition coefficient (Wildman–Crippen LogP) is 5.25. The molecule has 1 atom stereocenters. The van der Waals surface area contributed by atoms with Crippen molar-refractivity contribution in [3.63, 3.8) is 0 Å². The molecule has 0 aliphatic rings. The van der Waals surface area contributed by atoms with Crippen LogP contribution in [0.5, 0.6) is 0 Å². The topological polar surface area (TPSA) is 51.9 Å². The van der Waals surface area contributed by atoms with Crippen LogP contribution in [0.15, 0.2) is 72.9 Å². The molecule has 1 amide bonds. The van der Waals surface area contributed by atoms with Crippen molar-refractivity contribution in [1.82, 2.24) is 19.7 Å². The summed E-state index contributed by atoms with van der Waals surface area (Å²) in [5.41, 5.74) is 6.75. The molecule has 1 N–H and O–H groups in total. The van der Waals surface area contributed by atoms with E-state index in [1.165, 1.54) is 11.1 Å². The van der Waals surface area contributed by atoms with Gasteiger partial charge in [0.2, 0.25) is 0 Å². The molecule has 0 aliphatic carbocycles. The molecule has 0 fully saturated rings. The first-order valence-corrected chi connectivity index (χ1v) is 11.1. The minimum absolute atomic E-state index is 0.0451. The summed E-state index contributed by atoms with van der Waals surface area (Å²) in [7, 11) is 1.98. The number of hydrogen-bond acceptors (Lipinski definition) is 2. The molecule has 0 saturated heterocycles. The van der Waals surface area contributed by atoms with Crippen LogP contribution in [-0.2, 0) is 13.5 Å². The summed E-state index contributed by atoms with van der Waals surface area (Å²) in [4.78, 5) is 13.3. The standard InChI is InChI=1S/C27H30N4O/c1-19-12-15-24(20(2)17-19)31-26(18-23(29-31)25-11-8-16-30(25)4)27(32)28-21(3)13-14-22-9-6-5-7-10-22/h5-12,15-18,21H,13-14H2,1-4H3,(H,28,32)/t21-/m1/s1. The van der Waals surface area contributed by atoms with Gasteiger partial charge in [0, 0.05) is 19.3 Å². The Kier molecular flexibility index (Phi) is 6.26. The summed E-state index contributed by atoms with van der Waals surface area (Å²) >= 11 is 0. The Morgan fingerprint density at radius 1 is 1.03 bits per heavy atom. The van der Waals surface area contributed by atoms with Crippen molar-refractivity contribution in [2.24, 2.45) is 7.05 Å². The number of amides is 1. The number of rotatable bonds is 7. The van der Waals surface area contributed by atoms with Crippen molar-refractivity contribution >= 4 is 5.91 Å². The van der Waals surface area contributed by atoms with E-state index in [0.717, 1.165) is 35.5 Å². The minimum atomic E-state index is -0.113. The Balaban J connectivity index is 1.61. The lowest BCUT2D eigenvalue weighted by atomic mass is 10.1. The van der Waals surface area contributed by atoms with Crippen LogP contribution < -0.4 is 5.32 Å². The van der Waals surface area contributed by atoms with Crippen LogP contribution in [-0.4, -0.2) is 26.3 Å². The number of nitrogens with one attached hydrogen (secondary N) is 1. The van der Waals surface area contributed by atoms with Crippen LogP contribution >= 0.6 is 0 Å². The second kappa shape index (κ2) is 9.27. The van der Waals surface area contributed by atoms with E-state index in [2.05, 4.69) is 50.4 Å². The van der Waals surface area contributed by atoms with E-state index in [-0.39, 0.29) is 11.9 Å². The molecule has 0 spiro atoms. The van der Waals surface area contributed by atoms with Gasteiger partial charge in [-0.15, -0.1) is 0 Å². The van der Waals surface area contributed by atoms with Gasteiger partial charge in [0.25, 0.3) is 5.91 Å². The van der Waals surface area contributed by atoms with Gasteiger partial charge in [-0.2, -0.15) is 5.10 Å². The molecule has 0 aliphatic heterocycles. The zero-order valence-corrected chi connectivity index (χ0v) is 19.2. The summed E-state index contributed by atoms with van der Waals surface area (Å²) < 4.78 is 3.79. The monoisotopic (exact) mass is 426 g/mol. The highest BCUT2D eigenvalue weighted by Gasteiger charge is 2.21. The van der Waals surface area contributed by atoms with Crippen molar-refractivity contribution in [3.8, 4) is 17.1 Å². The Labute approximate surface area is 189 Å². The minimum Gasteiger partial charge on any atom is -0.349 e. The zero-order valence-electron chi connectivity index (χ0n) is 19.2. The van der Waals surface area contributed by atoms with Gasteiger partial charge >= 0.3 is 0 Å². The number of aromatic nitrogens is 3. The van der Waals surface area contributed by atoms with Crippen LogP contribution in [0.1, 0.15) is 40.5 Å². The molecule has 0 unspecified atom stereocenters. The lowest BCUT2D eigenvalue weighted by Crippen LogP contribution is -2.34. The van der Waals surface area contributed by atoms with Gasteiger partial charge in [-0.05, 0) is 69.0 Å². The molecule has 0 bridgehead atoms. The zero-order chi connectivity index (χ0) is 22.7. The fourth-order valence-corrected chi connectivity index (χ4v) is 4.02. The third-order valence-corrected chi connectivity index (χ3v) is 5.82. The quantitative estimate of drug-likeness (QED) is 0.439. The molecule has 2 aromatic carbocycles. The van der Waals surface area contributed by atoms with Crippen LogP contribution in [0, 0.1) is 13.8 Å². The number of hydrogen-bond donors (Lipinski definition) is 1. The smallest absolute Gasteiger partial charge is 0.270 e. The first-order valence-electron chi connectivity index (χ1n) is 11.1.